The monoisotopic (exact) mass is 1780 g/mol. The number of hydrogen-bond donors (Lipinski definition) is 0. The smallest absolute Gasteiger partial charge is 0.0543 e. The number of rotatable bonds is 13. The van der Waals surface area contributed by atoms with Crippen LogP contribution in [0.2, 0.25) is 0 Å². The normalized spacial score (nSPS) is 25.6. The van der Waals surface area contributed by atoms with Crippen molar-refractivity contribution in [2.24, 2.45) is 71.0 Å². The Morgan fingerprint density at radius 1 is 0.167 bits per heavy atom. The van der Waals surface area contributed by atoms with E-state index in [2.05, 4.69) is 447 Å². The van der Waals surface area contributed by atoms with Crippen molar-refractivity contribution in [2.75, 3.05) is 14.7 Å². The van der Waals surface area contributed by atoms with Gasteiger partial charge in [-0.25, -0.2) is 0 Å². The molecular weight excluding hydrogens is 1660 g/mol. The lowest BCUT2D eigenvalue weighted by molar-refractivity contribution is -0.0399. The molecule has 0 heterocycles. The summed E-state index contributed by atoms with van der Waals surface area (Å²) in [7, 11) is 0. The zero-order valence-corrected chi connectivity index (χ0v) is 79.2. The van der Waals surface area contributed by atoms with Crippen LogP contribution < -0.4 is 14.7 Å². The predicted molar refractivity (Wildman–Crippen MR) is 572 cm³/mol. The molecule has 0 atom stereocenters. The van der Waals surface area contributed by atoms with E-state index in [1.165, 1.54) is 248 Å². The van der Waals surface area contributed by atoms with Crippen LogP contribution in [0.3, 0.4) is 0 Å². The Morgan fingerprint density at radius 3 is 0.681 bits per heavy atom. The van der Waals surface area contributed by atoms with Crippen molar-refractivity contribution in [1.82, 2.24) is 0 Å². The first kappa shape index (κ1) is 82.4. The Kier molecular flexibility index (Phi) is 19.3. The number of fused-ring (bicyclic) bond motifs is 12. The lowest BCUT2D eigenvalue weighted by Crippen LogP contribution is -2.55. The molecule has 0 aliphatic heterocycles. The van der Waals surface area contributed by atoms with E-state index < -0.39 is 0 Å². The van der Waals surface area contributed by atoms with Gasteiger partial charge in [0.2, 0.25) is 0 Å². The minimum Gasteiger partial charge on any atom is -0.310 e. The molecule has 12 fully saturated rings. The summed E-state index contributed by atoms with van der Waals surface area (Å²) in [5.41, 5.74) is 45.5. The molecule has 3 heteroatoms. The molecule has 16 aliphatic rings. The van der Waals surface area contributed by atoms with Gasteiger partial charge in [-0.05, 0) is 375 Å². The minimum atomic E-state index is -0.0690. The van der Waals surface area contributed by atoms with E-state index in [4.69, 9.17) is 0 Å². The molecule has 17 aromatic rings. The molecular formula is C135H117N3. The first-order chi connectivity index (χ1) is 68.1. The van der Waals surface area contributed by atoms with Gasteiger partial charge in [-0.3, -0.25) is 0 Å². The zero-order chi connectivity index (χ0) is 91.1. The molecule has 0 radical (unpaired) electrons. The van der Waals surface area contributed by atoms with Crippen LogP contribution in [0.25, 0.3) is 89.0 Å². The molecule has 672 valence electrons. The first-order valence-corrected chi connectivity index (χ1v) is 52.1. The summed E-state index contributed by atoms with van der Waals surface area (Å²) >= 11 is 0. The van der Waals surface area contributed by atoms with Crippen molar-refractivity contribution < 1.29 is 0 Å². The molecule has 17 aromatic carbocycles. The molecule has 3 spiro atoms. The largest absolute Gasteiger partial charge is 0.310 e. The Labute approximate surface area is 815 Å². The fourth-order valence-corrected chi connectivity index (χ4v) is 32.5. The first-order valence-electron chi connectivity index (χ1n) is 52.1. The van der Waals surface area contributed by atoms with Crippen LogP contribution in [0, 0.1) is 71.0 Å². The van der Waals surface area contributed by atoms with Crippen LogP contribution in [0.1, 0.15) is 155 Å². The van der Waals surface area contributed by atoms with Gasteiger partial charge in [-0.15, -0.1) is 0 Å². The number of hydrogen-bond acceptors (Lipinski definition) is 3. The Bertz CT molecular complexity index is 7370. The highest BCUT2D eigenvalue weighted by Gasteiger charge is 2.66. The van der Waals surface area contributed by atoms with Crippen LogP contribution in [0.15, 0.2) is 419 Å². The molecule has 138 heavy (non-hydrogen) atoms. The van der Waals surface area contributed by atoms with Gasteiger partial charge in [0.1, 0.15) is 0 Å². The van der Waals surface area contributed by atoms with Gasteiger partial charge < -0.3 is 14.7 Å². The lowest BCUT2D eigenvalue weighted by atomic mass is 9.43. The molecule has 0 aromatic heterocycles. The Balaban J connectivity index is 0.000000103. The summed E-state index contributed by atoms with van der Waals surface area (Å²) in [5.74, 6) is 10.2. The quantitative estimate of drug-likeness (QED) is 0.114. The highest BCUT2D eigenvalue weighted by molar-refractivity contribution is 6.00. The summed E-state index contributed by atoms with van der Waals surface area (Å²) in [4.78, 5) is 7.60. The van der Waals surface area contributed by atoms with Gasteiger partial charge >= 0.3 is 0 Å². The summed E-state index contributed by atoms with van der Waals surface area (Å²) in [6.45, 7) is 4.79. The van der Waals surface area contributed by atoms with E-state index in [-0.39, 0.29) is 21.7 Å². The van der Waals surface area contributed by atoms with Crippen molar-refractivity contribution in [2.45, 2.75) is 132 Å². The second kappa shape index (κ2) is 32.4. The fourth-order valence-electron chi connectivity index (χ4n) is 32.5. The van der Waals surface area contributed by atoms with Crippen molar-refractivity contribution in [1.29, 1.82) is 0 Å². The maximum Gasteiger partial charge on any atom is 0.0543 e. The number of benzene rings is 17. The third-order valence-corrected chi connectivity index (χ3v) is 37.2. The van der Waals surface area contributed by atoms with E-state index in [1.807, 2.05) is 0 Å². The second-order valence-electron chi connectivity index (χ2n) is 44.1. The van der Waals surface area contributed by atoms with Crippen molar-refractivity contribution >= 4 is 51.2 Å². The van der Waals surface area contributed by atoms with E-state index in [9.17, 15) is 0 Å². The molecule has 12 saturated carbocycles. The topological polar surface area (TPSA) is 9.72 Å². The lowest BCUT2D eigenvalue weighted by Gasteiger charge is -2.61. The molecule has 0 saturated heterocycles. The standard InChI is InChI=1S/C49H43N.C46H39N.C40H35N/c1-48(2)42-15-8-6-13-39(42)40-24-23-38(30-45(40)48)50(37-21-19-34(20-22-37)33-11-4-3-5-12-33)46-18-10-17-44-47(46)41-14-7-9-16-43(41)49(44)35-26-31-25-32(28-35)29-36(49)27-31;1-3-10-33(11-4-1)35-18-22-39(23-19-35)47(40-24-20-36(21-25-40)34-12-5-2-6-13-34)44-17-9-16-43-45(44)41-14-7-8-15-42(41)46(43)37-27-31-26-32(29-37)30-38(46)28-31;1-3-10-29(11-4-1)30-18-20-34(21-19-30)41(33-12-5-2-6-13-33)38-17-9-16-37-39(38)35-14-7-8-15-36(35)40(37)31-23-27-22-28(25-31)26-32(40)24-27/h3-24,30-32,35-36H,25-29H2,1-2H3;1-25,31-32,37-38H,26-30H2;1-21,27-28,31-32H,22-26H2. The highest BCUT2D eigenvalue weighted by Crippen LogP contribution is 2.75. The highest BCUT2D eigenvalue weighted by atomic mass is 15.2. The third kappa shape index (κ3) is 12.6. The van der Waals surface area contributed by atoms with Gasteiger partial charge in [0.25, 0.3) is 0 Å². The number of anilines is 9. The van der Waals surface area contributed by atoms with E-state index >= 15 is 0 Å². The molecule has 3 nitrogen and oxygen atoms in total. The number of nitrogens with zero attached hydrogens (tertiary/aromatic N) is 3. The molecule has 0 unspecified atom stereocenters. The Hall–Kier alpha value is -13.9. The summed E-state index contributed by atoms with van der Waals surface area (Å²) < 4.78 is 0. The third-order valence-electron chi connectivity index (χ3n) is 37.2. The maximum absolute atomic E-state index is 2.58. The molecule has 0 N–H and O–H groups in total. The van der Waals surface area contributed by atoms with Crippen molar-refractivity contribution in [3.63, 3.8) is 0 Å². The van der Waals surface area contributed by atoms with Gasteiger partial charge in [-0.1, -0.05) is 341 Å². The average molecular weight is 1780 g/mol. The van der Waals surface area contributed by atoms with Crippen LogP contribution in [0.5, 0.6) is 0 Å². The SMILES string of the molecule is CC1(C)c2ccccc2-c2ccc(N(c3ccc(-c4ccccc4)cc3)c3cccc4c3-c3ccccc3C43C4CC5CC(C4)CC3C5)cc21.c1ccc(-c2ccc(N(c3ccc(-c4ccccc4)cc3)c3cccc4c3-c3ccccc3C43C4CC5CC(C4)CC3C5)cc2)cc1.c1ccc(-c2ccc(N(c3ccccc3)c3cccc4c3-c3ccccc3C43C4CC5CC(C4)CC3C5)cc2)cc1. The molecule has 33 rings (SSSR count). The van der Waals surface area contributed by atoms with Crippen molar-refractivity contribution in [3.05, 3.63) is 463 Å². The fraction of sp³-hybridized carbons (Fsp3) is 0.244. The zero-order valence-electron chi connectivity index (χ0n) is 79.2. The van der Waals surface area contributed by atoms with Gasteiger partial charge in [0, 0.05) is 72.5 Å². The van der Waals surface area contributed by atoms with Crippen LogP contribution in [-0.2, 0) is 21.7 Å². The predicted octanol–water partition coefficient (Wildman–Crippen LogP) is 35.6. The van der Waals surface area contributed by atoms with Gasteiger partial charge in [0.05, 0.1) is 17.1 Å². The van der Waals surface area contributed by atoms with Crippen LogP contribution in [0.4, 0.5) is 51.2 Å². The van der Waals surface area contributed by atoms with E-state index in [0.29, 0.717) is 0 Å². The van der Waals surface area contributed by atoms with Gasteiger partial charge in [0.15, 0.2) is 0 Å². The van der Waals surface area contributed by atoms with E-state index in [0.717, 1.165) is 71.0 Å². The second-order valence-corrected chi connectivity index (χ2v) is 44.1. The molecule has 0 amide bonds. The molecule has 12 bridgehead atoms. The van der Waals surface area contributed by atoms with Crippen molar-refractivity contribution in [3.8, 4) is 89.0 Å². The maximum atomic E-state index is 2.58. The summed E-state index contributed by atoms with van der Waals surface area (Å²) in [6, 6.07) is 157. The minimum absolute atomic E-state index is 0.0690. The van der Waals surface area contributed by atoms with Crippen LogP contribution in [-0.4, -0.2) is 0 Å². The Morgan fingerprint density at radius 2 is 0.384 bits per heavy atom. The van der Waals surface area contributed by atoms with Crippen LogP contribution >= 0.6 is 0 Å². The molecule has 16 aliphatic carbocycles. The van der Waals surface area contributed by atoms with E-state index in [1.54, 1.807) is 33.4 Å². The summed E-state index contributed by atoms with van der Waals surface area (Å²) in [6.07, 6.45) is 21.3. The average Bonchev–Trinajstić information content (AvgIpc) is 1.51. The van der Waals surface area contributed by atoms with Gasteiger partial charge in [-0.2, -0.15) is 0 Å². The number of para-hydroxylation sites is 1. The summed E-state index contributed by atoms with van der Waals surface area (Å²) in [5, 5.41) is 0.